The fourth-order valence-electron chi connectivity index (χ4n) is 15.4. The number of likely N-dealkylation sites (N-methyl/N-ethyl adjacent to an activating group) is 1. The summed E-state index contributed by atoms with van der Waals surface area (Å²) in [6, 6.07) is 56.9. The van der Waals surface area contributed by atoms with E-state index < -0.39 is 9.84 Å². The summed E-state index contributed by atoms with van der Waals surface area (Å²) in [5, 5.41) is 22.9. The second-order valence-corrected chi connectivity index (χ2v) is 45.1. The topological polar surface area (TPSA) is 213 Å². The van der Waals surface area contributed by atoms with Crippen molar-refractivity contribution in [2.24, 2.45) is 5.41 Å². The fourth-order valence-corrected chi connectivity index (χ4v) is 17.1. The van der Waals surface area contributed by atoms with Gasteiger partial charge in [0.15, 0.2) is 26.5 Å². The predicted molar refractivity (Wildman–Crippen MR) is 596 cm³/mol. The van der Waals surface area contributed by atoms with Gasteiger partial charge < -0.3 is 68.3 Å². The first-order valence-electron chi connectivity index (χ1n) is 52.0. The summed E-state index contributed by atoms with van der Waals surface area (Å²) >= 11 is 1.81. The average molecular weight is 2000 g/mol. The number of methoxy groups -OCH3 is 1. The lowest BCUT2D eigenvalue weighted by Gasteiger charge is -2.31. The fraction of sp³-hybridized carbons (Fsp3) is 0.568. The van der Waals surface area contributed by atoms with Gasteiger partial charge >= 0.3 is 0 Å². The van der Waals surface area contributed by atoms with Crippen molar-refractivity contribution in [3.63, 3.8) is 0 Å². The molecule has 0 spiro atoms. The lowest BCUT2D eigenvalue weighted by molar-refractivity contribution is 0.0342. The molecule has 0 atom stereocenters. The smallest absolute Gasteiger partial charge is 0.185 e. The third-order valence-electron chi connectivity index (χ3n) is 25.3. The number of hydrogen-bond donors (Lipinski definition) is 3. The zero-order valence-electron chi connectivity index (χ0n) is 92.1. The van der Waals surface area contributed by atoms with Crippen molar-refractivity contribution in [1.82, 2.24) is 39.9 Å². The summed E-state index contributed by atoms with van der Waals surface area (Å²) < 4.78 is 59.7. The van der Waals surface area contributed by atoms with E-state index in [1.165, 1.54) is 74.3 Å². The number of sulfone groups is 1. The molecule has 6 aliphatic heterocycles. The van der Waals surface area contributed by atoms with Crippen LogP contribution < -0.4 is 29.5 Å². The molecular weight excluding hydrogens is 1810 g/mol. The second kappa shape index (κ2) is 64.9. The molecule has 2 aromatic heterocycles. The first-order valence-corrected chi connectivity index (χ1v) is 54.7. The van der Waals surface area contributed by atoms with Gasteiger partial charge in [-0.1, -0.05) is 267 Å². The number of anilines is 3. The van der Waals surface area contributed by atoms with Gasteiger partial charge in [0.1, 0.15) is 23.6 Å². The number of morpholine rings is 5. The van der Waals surface area contributed by atoms with Crippen molar-refractivity contribution in [3.05, 3.63) is 255 Å². The van der Waals surface area contributed by atoms with Crippen LogP contribution in [-0.2, 0) is 52.0 Å². The Balaban J connectivity index is 0.000000243. The highest BCUT2D eigenvalue weighted by molar-refractivity contribution is 7.90. The molecule has 5 saturated heterocycles. The summed E-state index contributed by atoms with van der Waals surface area (Å²) in [5.74, 6) is 7.40. The van der Waals surface area contributed by atoms with Crippen LogP contribution >= 0.6 is 11.3 Å². The number of aromatic hydroxyl groups is 2. The number of phenolic OH excluding ortho intramolecular Hbond substituents is 2. The molecule has 0 aliphatic carbocycles. The van der Waals surface area contributed by atoms with Crippen LogP contribution in [0.5, 0.6) is 23.0 Å². The molecule has 142 heavy (non-hydrogen) atoms. The maximum atomic E-state index is 11.1. The minimum absolute atomic E-state index is 0.196. The van der Waals surface area contributed by atoms with E-state index in [0.717, 1.165) is 212 Å². The van der Waals surface area contributed by atoms with E-state index in [-0.39, 0.29) is 11.2 Å². The SMILES string of the molecule is CC(C)(C)c1cnc(N2CCOCC2)s1.CC(C)c1cc(N2CCOCC2)ncn1.CC(C)c1ccc(CN2CCOCC2)cc1.CC(C)c1ccc(N(C)C)cc1.CC(C)c1ccc(O)cc1.CC(C)c1ccc(OCCCN2CCOCC2)cc1.CC(C)c1ccc(S(C)(=O)=O)cc1.CC(C)c1cccc(CNCCN2CCOCC2)c1.CN1CCC=C(C(C)(C)C)C1.COc1cc(C(C)C)ccc1O. The summed E-state index contributed by atoms with van der Waals surface area (Å²) in [4.78, 5) is 31.2. The number of hydrogen-bond acceptors (Lipinski definition) is 23. The number of rotatable bonds is 25. The van der Waals surface area contributed by atoms with Gasteiger partial charge in [0, 0.05) is 160 Å². The van der Waals surface area contributed by atoms with Crippen molar-refractivity contribution >= 4 is 37.8 Å². The van der Waals surface area contributed by atoms with Gasteiger partial charge in [-0.05, 0) is 189 Å². The Labute approximate surface area is 863 Å². The second-order valence-electron chi connectivity index (χ2n) is 42.1. The average Bonchev–Trinajstić information content (AvgIpc) is 1.70. The van der Waals surface area contributed by atoms with E-state index in [1.54, 1.807) is 60.7 Å². The Morgan fingerprint density at radius 2 is 0.915 bits per heavy atom. The molecule has 6 aliphatic rings. The predicted octanol–water partition coefficient (Wildman–Crippen LogP) is 23.9. The Bertz CT molecular complexity index is 4980. The Hall–Kier alpha value is -8.86. The van der Waals surface area contributed by atoms with Crippen molar-refractivity contribution in [1.29, 1.82) is 0 Å². The highest BCUT2D eigenvalue weighted by atomic mass is 32.2. The number of aromatic nitrogens is 3. The number of nitrogens with zero attached hydrogens (tertiary/aromatic N) is 10. The highest BCUT2D eigenvalue weighted by Gasteiger charge is 2.24. The minimum atomic E-state index is -3.05. The van der Waals surface area contributed by atoms with Gasteiger partial charge in [0.2, 0.25) is 0 Å². The quantitative estimate of drug-likeness (QED) is 0.0358. The monoisotopic (exact) mass is 1990 g/mol. The molecule has 788 valence electrons. The zero-order chi connectivity index (χ0) is 104. The third-order valence-corrected chi connectivity index (χ3v) is 27.9. The van der Waals surface area contributed by atoms with Gasteiger partial charge in [-0.2, -0.15) is 0 Å². The van der Waals surface area contributed by atoms with Crippen molar-refractivity contribution < 1.29 is 51.8 Å². The molecule has 3 N–H and O–H groups in total. The molecule has 0 radical (unpaired) electrons. The first-order chi connectivity index (χ1) is 67.5. The van der Waals surface area contributed by atoms with Crippen LogP contribution in [0, 0.1) is 5.41 Å². The molecule has 0 bridgehead atoms. The molecule has 22 nitrogen and oxygen atoms in total. The van der Waals surface area contributed by atoms with E-state index in [4.69, 9.17) is 38.3 Å². The summed E-state index contributed by atoms with van der Waals surface area (Å²) in [5.41, 5.74) is 16.5. The van der Waals surface area contributed by atoms with Crippen LogP contribution in [0.4, 0.5) is 16.6 Å². The standard InChI is InChI=1S/C16H26N2O.C16H25NO2.C14H21NO.C11H17N3O.C11H18N2OS.C11H17N.C10H19N.C10H14O2S.C10H14O2.C9H12O/c1-14(2)16-5-3-4-15(12-16)13-17-6-7-18-8-10-19-11-9-18;1-14(2)15-4-6-16(7-5-15)19-11-3-8-17-9-12-18-13-10-17;1-12(2)14-5-3-13(4-6-14)11-15-7-9-16-10-8-15;1-9(2)10-7-11(13-8-12-10)14-3-5-15-6-4-14;1-11(2,3)9-8-12-10(15-9)13-4-6-14-7-5-13;1-9(2)10-5-7-11(8-6-10)12(3)4;1-10(2,3)9-6-5-7-11(4)8-9;1-8(2)9-4-6-10(7-5-9)13(3,11)12;1-7(2)8-4-5-9(11)10(6-8)12-3;1-7(2)8-3-5-9(10)6-4-8/h3-5,12,14,17H,6-11,13H2,1-2H3;4-7,14H,3,8-13H2,1-2H3;3-6,12H,7-11H2,1-2H3;7-9H,3-6H2,1-2H3;8H,4-7H2,1-3H3;5-9H,1-4H3;6H,5,7-8H2,1-4H3;4-8H,1-3H3;4-7,11H,1-3H3;3-7,10H,1-2H3. The highest BCUT2D eigenvalue weighted by Crippen LogP contribution is 2.34. The zero-order valence-corrected chi connectivity index (χ0v) is 93.7. The van der Waals surface area contributed by atoms with Gasteiger partial charge in [0.25, 0.3) is 0 Å². The minimum Gasteiger partial charge on any atom is -0.508 e. The Morgan fingerprint density at radius 1 is 0.472 bits per heavy atom. The van der Waals surface area contributed by atoms with E-state index in [1.807, 2.05) is 42.6 Å². The number of nitrogens with one attached hydrogen (secondary N) is 1. The van der Waals surface area contributed by atoms with Crippen molar-refractivity contribution in [3.8, 4) is 23.0 Å². The van der Waals surface area contributed by atoms with Crippen molar-refractivity contribution in [2.45, 2.75) is 236 Å². The maximum absolute atomic E-state index is 11.1. The summed E-state index contributed by atoms with van der Waals surface area (Å²) in [6.07, 6.45) is 9.59. The lowest BCUT2D eigenvalue weighted by atomic mass is 9.84. The largest absolute Gasteiger partial charge is 0.508 e. The van der Waals surface area contributed by atoms with Crippen LogP contribution in [0.1, 0.15) is 273 Å². The summed E-state index contributed by atoms with van der Waals surface area (Å²) in [7, 11) is 4.82. The van der Waals surface area contributed by atoms with E-state index >= 15 is 0 Å². The molecule has 5 fully saturated rings. The van der Waals surface area contributed by atoms with Crippen LogP contribution in [0.15, 0.2) is 199 Å². The molecule has 9 aromatic rings. The summed E-state index contributed by atoms with van der Waals surface area (Å²) in [6.45, 7) is 75.4. The van der Waals surface area contributed by atoms with E-state index in [0.29, 0.717) is 69.2 Å². The maximum Gasteiger partial charge on any atom is 0.185 e. The molecule has 7 aromatic carbocycles. The van der Waals surface area contributed by atoms with Crippen LogP contribution in [-0.4, -0.2) is 259 Å². The normalized spacial score (nSPS) is 15.5. The Morgan fingerprint density at radius 3 is 1.36 bits per heavy atom. The molecule has 8 heterocycles. The number of phenols is 2. The first kappa shape index (κ1) is 122. The molecule has 0 amide bonds. The van der Waals surface area contributed by atoms with Gasteiger partial charge in [-0.25, -0.2) is 23.4 Å². The third kappa shape index (κ3) is 48.0. The van der Waals surface area contributed by atoms with Crippen LogP contribution in [0.3, 0.4) is 0 Å². The molecule has 15 rings (SSSR count). The number of thiazole rings is 1. The van der Waals surface area contributed by atoms with Gasteiger partial charge in [0.05, 0.1) is 84.7 Å². The van der Waals surface area contributed by atoms with E-state index in [9.17, 15) is 13.5 Å². The number of benzene rings is 7. The molecular formula is C118H183N11O11S2. The van der Waals surface area contributed by atoms with E-state index in [2.05, 4.69) is 337 Å². The van der Waals surface area contributed by atoms with Gasteiger partial charge in [-0.15, -0.1) is 11.3 Å². The number of ether oxygens (including phenoxy) is 7. The Kier molecular flexibility index (Phi) is 55.7. The van der Waals surface area contributed by atoms with Gasteiger partial charge in [-0.3, -0.25) is 14.7 Å². The lowest BCUT2D eigenvalue weighted by Crippen LogP contribution is -2.40. The molecule has 0 unspecified atom stereocenters. The molecule has 24 heteroatoms. The molecule has 0 saturated carbocycles. The van der Waals surface area contributed by atoms with Crippen LogP contribution in [0.2, 0.25) is 0 Å². The van der Waals surface area contributed by atoms with Crippen LogP contribution in [0.25, 0.3) is 0 Å². The van der Waals surface area contributed by atoms with Crippen molar-refractivity contribution in [2.75, 3.05) is 220 Å².